The molecule has 0 bridgehead atoms. The van der Waals surface area contributed by atoms with Crippen molar-refractivity contribution in [1.82, 2.24) is 0 Å². The van der Waals surface area contributed by atoms with Crippen LogP contribution >= 0.6 is 0 Å². The highest BCUT2D eigenvalue weighted by atomic mass is 16.5. The summed E-state index contributed by atoms with van der Waals surface area (Å²) in [5.74, 6) is -1.09. The lowest BCUT2D eigenvalue weighted by molar-refractivity contribution is -0.133. The van der Waals surface area contributed by atoms with Crippen LogP contribution in [0.2, 0.25) is 0 Å². The Balaban J connectivity index is 2.80. The maximum atomic E-state index is 11.8. The Morgan fingerprint density at radius 3 is 2.15 bits per heavy atom. The van der Waals surface area contributed by atoms with Gasteiger partial charge in [-0.15, -0.1) is 0 Å². The summed E-state index contributed by atoms with van der Waals surface area (Å²) in [4.78, 5) is 22.5. The number of carboxylic acid groups (broad SMARTS) is 1. The maximum Gasteiger partial charge on any atom is 0.334 e. The Morgan fingerprint density at radius 1 is 1.25 bits per heavy atom. The number of benzene rings is 1. The smallest absolute Gasteiger partial charge is 0.334 e. The Kier molecular flexibility index (Phi) is 4.68. The number of carbonyl (C=O) groups excluding carboxylic acids is 1. The molecule has 0 spiro atoms. The summed E-state index contributed by atoms with van der Waals surface area (Å²) in [5, 5.41) is 18.4. The van der Waals surface area contributed by atoms with E-state index >= 15 is 0 Å². The van der Waals surface area contributed by atoms with Gasteiger partial charge in [-0.1, -0.05) is 6.58 Å². The summed E-state index contributed by atoms with van der Waals surface area (Å²) in [6, 6.07) is 6.13. The van der Waals surface area contributed by atoms with E-state index in [-0.39, 0.29) is 5.57 Å². The van der Waals surface area contributed by atoms with Gasteiger partial charge in [0, 0.05) is 5.56 Å². The molecule has 0 fully saturated rings. The van der Waals surface area contributed by atoms with E-state index in [9.17, 15) is 14.7 Å². The minimum Gasteiger partial charge on any atom is -0.486 e. The molecule has 1 unspecified atom stereocenters. The number of hydrogen-bond donors (Lipinski definition) is 2. The summed E-state index contributed by atoms with van der Waals surface area (Å²) >= 11 is 0. The number of carboxylic acids is 1. The predicted molar refractivity (Wildman–Crippen MR) is 73.9 cm³/mol. The first-order valence-electron chi connectivity index (χ1n) is 6.09. The van der Waals surface area contributed by atoms with Gasteiger partial charge >= 0.3 is 5.97 Å². The first kappa shape index (κ1) is 15.9. The van der Waals surface area contributed by atoms with E-state index in [2.05, 4.69) is 6.58 Å². The van der Waals surface area contributed by atoms with E-state index in [1.165, 1.54) is 26.0 Å². The first-order valence-corrected chi connectivity index (χ1v) is 6.09. The minimum atomic E-state index is -1.44. The Morgan fingerprint density at radius 2 is 1.75 bits per heavy atom. The van der Waals surface area contributed by atoms with E-state index in [1.807, 2.05) is 0 Å². The third kappa shape index (κ3) is 3.93. The molecule has 1 aromatic rings. The fraction of sp³-hybridized carbons (Fsp3) is 0.333. The number of aliphatic carboxylic acids is 1. The van der Waals surface area contributed by atoms with Gasteiger partial charge < -0.3 is 14.9 Å². The lowest BCUT2D eigenvalue weighted by Crippen LogP contribution is -2.31. The quantitative estimate of drug-likeness (QED) is 0.614. The summed E-state index contributed by atoms with van der Waals surface area (Å²) in [6.45, 7) is 7.82. The SMILES string of the molecule is C=C(C(=O)O)C(C)Oc1ccc(C(=O)C(C)(C)O)cc1. The second-order valence-corrected chi connectivity index (χ2v) is 5.00. The number of ether oxygens (including phenoxy) is 1. The van der Waals surface area contributed by atoms with Crippen LogP contribution < -0.4 is 4.74 Å². The van der Waals surface area contributed by atoms with Gasteiger partial charge in [-0.3, -0.25) is 4.79 Å². The van der Waals surface area contributed by atoms with Gasteiger partial charge in [0.05, 0.1) is 5.57 Å². The van der Waals surface area contributed by atoms with Crippen molar-refractivity contribution in [3.05, 3.63) is 42.0 Å². The second kappa shape index (κ2) is 5.88. The lowest BCUT2D eigenvalue weighted by Gasteiger charge is -2.17. The minimum absolute atomic E-state index is 0.0540. The Hall–Kier alpha value is -2.14. The highest BCUT2D eigenvalue weighted by molar-refractivity contribution is 6.01. The van der Waals surface area contributed by atoms with Crippen molar-refractivity contribution in [2.45, 2.75) is 32.5 Å². The molecule has 0 aliphatic heterocycles. The number of hydrogen-bond acceptors (Lipinski definition) is 4. The second-order valence-electron chi connectivity index (χ2n) is 5.00. The third-order valence-electron chi connectivity index (χ3n) is 2.75. The average molecular weight is 278 g/mol. The topological polar surface area (TPSA) is 83.8 Å². The average Bonchev–Trinajstić information content (AvgIpc) is 2.36. The van der Waals surface area contributed by atoms with Gasteiger partial charge in [0.25, 0.3) is 0 Å². The third-order valence-corrected chi connectivity index (χ3v) is 2.75. The number of Topliss-reactive ketones (excluding diaryl/α,β-unsaturated/α-hetero) is 1. The van der Waals surface area contributed by atoms with E-state index < -0.39 is 23.5 Å². The highest BCUT2D eigenvalue weighted by Crippen LogP contribution is 2.19. The van der Waals surface area contributed by atoms with Crippen LogP contribution in [0.4, 0.5) is 0 Å². The van der Waals surface area contributed by atoms with Crippen LogP contribution in [0.15, 0.2) is 36.4 Å². The Bertz CT molecular complexity index is 522. The van der Waals surface area contributed by atoms with Gasteiger partial charge in [-0.05, 0) is 45.0 Å². The molecule has 0 aromatic heterocycles. The molecule has 2 N–H and O–H groups in total. The van der Waals surface area contributed by atoms with Crippen LogP contribution in [0.3, 0.4) is 0 Å². The van der Waals surface area contributed by atoms with Crippen LogP contribution in [-0.2, 0) is 4.79 Å². The normalized spacial score (nSPS) is 12.6. The summed E-state index contributed by atoms with van der Waals surface area (Å²) in [7, 11) is 0. The Labute approximate surface area is 117 Å². The largest absolute Gasteiger partial charge is 0.486 e. The fourth-order valence-electron chi connectivity index (χ4n) is 1.49. The zero-order valence-corrected chi connectivity index (χ0v) is 11.7. The van der Waals surface area contributed by atoms with E-state index in [1.54, 1.807) is 19.1 Å². The molecule has 5 nitrogen and oxygen atoms in total. The number of rotatable bonds is 6. The van der Waals surface area contributed by atoms with Crippen molar-refractivity contribution in [1.29, 1.82) is 0 Å². The molecule has 0 aliphatic rings. The van der Waals surface area contributed by atoms with E-state index in [0.717, 1.165) is 0 Å². The molecule has 5 heteroatoms. The standard InChI is InChI=1S/C15H18O5/c1-9(14(17)18)10(2)20-12-7-5-11(6-8-12)13(16)15(3,4)19/h5-8,10,19H,1H2,2-4H3,(H,17,18). The molecule has 0 aliphatic carbocycles. The number of aliphatic hydroxyl groups is 1. The van der Waals surface area contributed by atoms with Gasteiger partial charge in [-0.2, -0.15) is 0 Å². The van der Waals surface area contributed by atoms with E-state index in [4.69, 9.17) is 9.84 Å². The van der Waals surface area contributed by atoms with Gasteiger partial charge in [0.1, 0.15) is 17.5 Å². The molecule has 0 radical (unpaired) electrons. The molecule has 0 heterocycles. The van der Waals surface area contributed by atoms with Crippen LogP contribution in [0.1, 0.15) is 31.1 Å². The lowest BCUT2D eigenvalue weighted by atomic mass is 9.97. The van der Waals surface area contributed by atoms with Crippen molar-refractivity contribution < 1.29 is 24.5 Å². The van der Waals surface area contributed by atoms with Crippen molar-refractivity contribution >= 4 is 11.8 Å². The highest BCUT2D eigenvalue weighted by Gasteiger charge is 2.25. The van der Waals surface area contributed by atoms with Crippen LogP contribution in [-0.4, -0.2) is 33.7 Å². The molecule has 1 atom stereocenters. The molecule has 0 saturated heterocycles. The molecule has 20 heavy (non-hydrogen) atoms. The summed E-state index contributed by atoms with van der Waals surface area (Å²) in [6.07, 6.45) is -0.677. The summed E-state index contributed by atoms with van der Waals surface area (Å²) < 4.78 is 5.40. The number of ketones is 1. The fourth-order valence-corrected chi connectivity index (χ4v) is 1.49. The van der Waals surface area contributed by atoms with Crippen molar-refractivity contribution in [3.8, 4) is 5.75 Å². The van der Waals surface area contributed by atoms with Gasteiger partial charge in [-0.25, -0.2) is 4.79 Å². The first-order chi connectivity index (χ1) is 9.12. The van der Waals surface area contributed by atoms with Crippen molar-refractivity contribution in [2.75, 3.05) is 0 Å². The molecule has 108 valence electrons. The van der Waals surface area contributed by atoms with Crippen molar-refractivity contribution in [3.63, 3.8) is 0 Å². The van der Waals surface area contributed by atoms with Gasteiger partial charge in [0.2, 0.25) is 0 Å². The summed E-state index contributed by atoms with van der Waals surface area (Å²) in [5.41, 5.74) is -1.14. The molecule has 0 saturated carbocycles. The van der Waals surface area contributed by atoms with Crippen LogP contribution in [0.25, 0.3) is 0 Å². The predicted octanol–water partition coefficient (Wildman–Crippen LogP) is 2.05. The van der Waals surface area contributed by atoms with E-state index in [0.29, 0.717) is 11.3 Å². The zero-order chi connectivity index (χ0) is 15.5. The molecule has 1 aromatic carbocycles. The molecule has 0 amide bonds. The molecular weight excluding hydrogens is 260 g/mol. The van der Waals surface area contributed by atoms with Crippen LogP contribution in [0.5, 0.6) is 5.75 Å². The number of carbonyl (C=O) groups is 2. The van der Waals surface area contributed by atoms with Crippen molar-refractivity contribution in [2.24, 2.45) is 0 Å². The van der Waals surface area contributed by atoms with Gasteiger partial charge in [0.15, 0.2) is 5.78 Å². The van der Waals surface area contributed by atoms with Crippen LogP contribution in [0, 0.1) is 0 Å². The molecule has 1 rings (SSSR count). The monoisotopic (exact) mass is 278 g/mol. The maximum absolute atomic E-state index is 11.8. The zero-order valence-electron chi connectivity index (χ0n) is 11.7. The molecular formula is C15H18O5.